The lowest BCUT2D eigenvalue weighted by molar-refractivity contribution is -0.141. The van der Waals surface area contributed by atoms with Crippen molar-refractivity contribution in [3.63, 3.8) is 0 Å². The normalized spacial score (nSPS) is 14.3. The van der Waals surface area contributed by atoms with E-state index >= 15 is 0 Å². The first-order chi connectivity index (χ1) is 9.86. The molecule has 0 amide bonds. The number of nitrogens with zero attached hydrogens (tertiary/aromatic N) is 1. The molecule has 0 aromatic carbocycles. The maximum Gasteiger partial charge on any atom is 0.433 e. The molecule has 0 bridgehead atoms. The number of carbonyl (C=O) groups excluding carboxylic acids is 1. The fourth-order valence-corrected chi connectivity index (χ4v) is 3.78. The standard InChI is InChI=1S/C14H9ClF3NOS/c15-13-8(4-5-11(19-13)14(16,17)18)12(20)10-6-7-2-1-3-9(7)21-10/h4-6H,1-3H2. The molecule has 1 aliphatic rings. The fourth-order valence-electron chi connectivity index (χ4n) is 2.34. The molecule has 0 fully saturated rings. The van der Waals surface area contributed by atoms with Crippen LogP contribution in [0.2, 0.25) is 5.15 Å². The number of hydrogen-bond donors (Lipinski definition) is 0. The molecule has 0 spiro atoms. The molecule has 0 saturated heterocycles. The van der Waals surface area contributed by atoms with Crippen molar-refractivity contribution in [1.82, 2.24) is 4.98 Å². The summed E-state index contributed by atoms with van der Waals surface area (Å²) in [5.74, 6) is -0.374. The Balaban J connectivity index is 1.94. The SMILES string of the molecule is O=C(c1cc2c(s1)CCC2)c1ccc(C(F)(F)F)nc1Cl. The number of alkyl halides is 3. The number of pyridine rings is 1. The van der Waals surface area contributed by atoms with Gasteiger partial charge in [0.15, 0.2) is 0 Å². The maximum atomic E-state index is 12.5. The van der Waals surface area contributed by atoms with Gasteiger partial charge < -0.3 is 0 Å². The van der Waals surface area contributed by atoms with Gasteiger partial charge >= 0.3 is 6.18 Å². The van der Waals surface area contributed by atoms with E-state index in [9.17, 15) is 18.0 Å². The number of fused-ring (bicyclic) bond motifs is 1. The number of thiophene rings is 1. The van der Waals surface area contributed by atoms with E-state index < -0.39 is 17.0 Å². The summed E-state index contributed by atoms with van der Waals surface area (Å²) in [5, 5.41) is -0.414. The Morgan fingerprint density at radius 2 is 2.05 bits per heavy atom. The van der Waals surface area contributed by atoms with Crippen LogP contribution in [0.5, 0.6) is 0 Å². The topological polar surface area (TPSA) is 30.0 Å². The first-order valence-corrected chi connectivity index (χ1v) is 7.46. The van der Waals surface area contributed by atoms with Crippen molar-refractivity contribution >= 4 is 28.7 Å². The zero-order valence-corrected chi connectivity index (χ0v) is 12.2. The molecule has 7 heteroatoms. The summed E-state index contributed by atoms with van der Waals surface area (Å²) in [5.41, 5.74) is 0.0571. The second kappa shape index (κ2) is 5.10. The lowest BCUT2D eigenvalue weighted by Gasteiger charge is -2.07. The van der Waals surface area contributed by atoms with E-state index in [1.54, 1.807) is 0 Å². The van der Waals surface area contributed by atoms with Gasteiger partial charge in [-0.15, -0.1) is 11.3 Å². The molecule has 0 unspecified atom stereocenters. The molecular formula is C14H9ClF3NOS. The number of halogens is 4. The Bertz CT molecular complexity index is 702. The van der Waals surface area contributed by atoms with Crippen LogP contribution < -0.4 is 0 Å². The summed E-state index contributed by atoms with van der Waals surface area (Å²) in [7, 11) is 0. The average molecular weight is 332 g/mol. The van der Waals surface area contributed by atoms with Gasteiger partial charge in [-0.25, -0.2) is 4.98 Å². The molecule has 2 aromatic rings. The second-order valence-electron chi connectivity index (χ2n) is 4.77. The van der Waals surface area contributed by atoms with E-state index in [0.717, 1.165) is 37.0 Å². The highest BCUT2D eigenvalue weighted by Crippen LogP contribution is 2.34. The fraction of sp³-hybridized carbons (Fsp3) is 0.286. The molecule has 3 rings (SSSR count). The number of carbonyl (C=O) groups is 1. The number of ketones is 1. The minimum Gasteiger partial charge on any atom is -0.288 e. The highest BCUT2D eigenvalue weighted by atomic mass is 35.5. The predicted octanol–water partition coefficient (Wildman–Crippen LogP) is 4.54. The Hall–Kier alpha value is -1.40. The lowest BCUT2D eigenvalue weighted by Crippen LogP contribution is -2.10. The molecule has 0 radical (unpaired) electrons. The second-order valence-corrected chi connectivity index (χ2v) is 6.27. The van der Waals surface area contributed by atoms with Crippen molar-refractivity contribution in [2.75, 3.05) is 0 Å². The Kier molecular flexibility index (Phi) is 3.53. The first kappa shape index (κ1) is 14.5. The number of aryl methyl sites for hydroxylation is 2. The Morgan fingerprint density at radius 3 is 2.67 bits per heavy atom. The highest BCUT2D eigenvalue weighted by Gasteiger charge is 2.33. The van der Waals surface area contributed by atoms with Gasteiger partial charge in [-0.2, -0.15) is 13.2 Å². The van der Waals surface area contributed by atoms with Gasteiger partial charge in [0.05, 0.1) is 10.4 Å². The van der Waals surface area contributed by atoms with Gasteiger partial charge in [0.1, 0.15) is 10.8 Å². The summed E-state index contributed by atoms with van der Waals surface area (Å²) in [6.45, 7) is 0. The van der Waals surface area contributed by atoms with Gasteiger partial charge in [-0.1, -0.05) is 11.6 Å². The van der Waals surface area contributed by atoms with Crippen molar-refractivity contribution < 1.29 is 18.0 Å². The van der Waals surface area contributed by atoms with Gasteiger partial charge in [-0.3, -0.25) is 4.79 Å². The van der Waals surface area contributed by atoms with Crippen LogP contribution in [-0.2, 0) is 19.0 Å². The van der Waals surface area contributed by atoms with E-state index in [4.69, 9.17) is 11.6 Å². The molecule has 2 nitrogen and oxygen atoms in total. The molecule has 21 heavy (non-hydrogen) atoms. The molecular weight excluding hydrogens is 323 g/mol. The Labute approximate surface area is 127 Å². The van der Waals surface area contributed by atoms with Crippen LogP contribution in [0.3, 0.4) is 0 Å². The third-order valence-electron chi connectivity index (χ3n) is 3.35. The van der Waals surface area contributed by atoms with Gasteiger partial charge in [0.25, 0.3) is 0 Å². The monoisotopic (exact) mass is 331 g/mol. The van der Waals surface area contributed by atoms with E-state index in [2.05, 4.69) is 4.98 Å². The van der Waals surface area contributed by atoms with E-state index in [-0.39, 0.29) is 11.3 Å². The van der Waals surface area contributed by atoms with Crippen LogP contribution in [0.25, 0.3) is 0 Å². The van der Waals surface area contributed by atoms with E-state index in [1.807, 2.05) is 6.07 Å². The summed E-state index contributed by atoms with van der Waals surface area (Å²) in [4.78, 5) is 17.3. The van der Waals surface area contributed by atoms with Gasteiger partial charge in [0.2, 0.25) is 5.78 Å². The quantitative estimate of drug-likeness (QED) is 0.597. The van der Waals surface area contributed by atoms with Crippen LogP contribution in [0.4, 0.5) is 13.2 Å². The van der Waals surface area contributed by atoms with Crippen molar-refractivity contribution in [3.8, 4) is 0 Å². The van der Waals surface area contributed by atoms with Crippen LogP contribution in [-0.4, -0.2) is 10.8 Å². The third-order valence-corrected chi connectivity index (χ3v) is 4.88. The molecule has 0 N–H and O–H groups in total. The lowest BCUT2D eigenvalue weighted by atomic mass is 10.1. The number of hydrogen-bond acceptors (Lipinski definition) is 3. The van der Waals surface area contributed by atoms with Crippen LogP contribution in [0.1, 0.15) is 37.8 Å². The zero-order valence-electron chi connectivity index (χ0n) is 10.6. The molecule has 2 aromatic heterocycles. The minimum absolute atomic E-state index is 0.00425. The van der Waals surface area contributed by atoms with Crippen molar-refractivity contribution in [2.45, 2.75) is 25.4 Å². The molecule has 0 saturated carbocycles. The van der Waals surface area contributed by atoms with Gasteiger partial charge in [0, 0.05) is 4.88 Å². The molecule has 2 heterocycles. The molecule has 0 aliphatic heterocycles. The number of aromatic nitrogens is 1. The first-order valence-electron chi connectivity index (χ1n) is 6.26. The highest BCUT2D eigenvalue weighted by molar-refractivity contribution is 7.14. The largest absolute Gasteiger partial charge is 0.433 e. The summed E-state index contributed by atoms with van der Waals surface area (Å²) < 4.78 is 37.6. The molecule has 0 atom stereocenters. The summed E-state index contributed by atoms with van der Waals surface area (Å²) in [6.07, 6.45) is -1.60. The number of rotatable bonds is 2. The zero-order chi connectivity index (χ0) is 15.2. The minimum atomic E-state index is -4.57. The summed E-state index contributed by atoms with van der Waals surface area (Å²) in [6, 6.07) is 3.68. The summed E-state index contributed by atoms with van der Waals surface area (Å²) >= 11 is 7.13. The molecule has 110 valence electrons. The van der Waals surface area contributed by atoms with Crippen LogP contribution in [0.15, 0.2) is 18.2 Å². The van der Waals surface area contributed by atoms with Gasteiger partial charge in [-0.05, 0) is 43.0 Å². The smallest absolute Gasteiger partial charge is 0.288 e. The van der Waals surface area contributed by atoms with E-state index in [0.29, 0.717) is 4.88 Å². The average Bonchev–Trinajstić information content (AvgIpc) is 2.97. The van der Waals surface area contributed by atoms with Crippen molar-refractivity contribution in [1.29, 1.82) is 0 Å². The van der Waals surface area contributed by atoms with Crippen LogP contribution >= 0.6 is 22.9 Å². The molecule has 1 aliphatic carbocycles. The third kappa shape index (κ3) is 2.70. The Morgan fingerprint density at radius 1 is 1.29 bits per heavy atom. The maximum absolute atomic E-state index is 12.5. The van der Waals surface area contributed by atoms with Crippen molar-refractivity contribution in [2.24, 2.45) is 0 Å². The predicted molar refractivity (Wildman–Crippen MR) is 74.0 cm³/mol. The van der Waals surface area contributed by atoms with Crippen LogP contribution in [0, 0.1) is 0 Å². The van der Waals surface area contributed by atoms with E-state index in [1.165, 1.54) is 16.2 Å². The van der Waals surface area contributed by atoms with Crippen molar-refractivity contribution in [3.05, 3.63) is 49.9 Å².